The van der Waals surface area contributed by atoms with Crippen molar-refractivity contribution in [3.8, 4) is 5.75 Å². The highest BCUT2D eigenvalue weighted by Crippen LogP contribution is 2.25. The van der Waals surface area contributed by atoms with E-state index >= 15 is 0 Å². The number of aromatic nitrogens is 1. The minimum absolute atomic E-state index is 0.345. The highest BCUT2D eigenvalue weighted by atomic mass is 32.2. The molecule has 8 heteroatoms. The van der Waals surface area contributed by atoms with E-state index in [1.54, 1.807) is 24.4 Å². The lowest BCUT2D eigenvalue weighted by molar-refractivity contribution is -0.274. The molecule has 0 aliphatic carbocycles. The van der Waals surface area contributed by atoms with Gasteiger partial charge in [0.25, 0.3) is 5.91 Å². The number of anilines is 1. The molecule has 0 atom stereocenters. The number of alkyl halides is 3. The highest BCUT2D eigenvalue weighted by Gasteiger charge is 2.30. The van der Waals surface area contributed by atoms with Gasteiger partial charge < -0.3 is 10.1 Å². The van der Waals surface area contributed by atoms with Gasteiger partial charge in [0, 0.05) is 17.6 Å². The SMILES string of the molecule is C=CCSc1ncccc1C(=O)Nc1ccc(OC(F)(F)F)cc1. The molecule has 0 aliphatic heterocycles. The minimum atomic E-state index is -4.75. The quantitative estimate of drug-likeness (QED) is 0.612. The van der Waals surface area contributed by atoms with Crippen LogP contribution in [0.15, 0.2) is 60.3 Å². The number of amides is 1. The molecule has 0 bridgehead atoms. The fourth-order valence-corrected chi connectivity index (χ4v) is 2.48. The molecular weight excluding hydrogens is 341 g/mol. The first-order chi connectivity index (χ1) is 11.4. The van der Waals surface area contributed by atoms with Crippen LogP contribution in [0.25, 0.3) is 0 Å². The zero-order valence-corrected chi connectivity index (χ0v) is 13.2. The molecule has 126 valence electrons. The van der Waals surface area contributed by atoms with Crippen LogP contribution in [0.3, 0.4) is 0 Å². The number of carbonyl (C=O) groups is 1. The summed E-state index contributed by atoms with van der Waals surface area (Å²) in [6.45, 7) is 3.61. The topological polar surface area (TPSA) is 51.2 Å². The van der Waals surface area contributed by atoms with Gasteiger partial charge in [-0.2, -0.15) is 0 Å². The van der Waals surface area contributed by atoms with Gasteiger partial charge in [0.05, 0.1) is 5.56 Å². The second kappa shape index (κ2) is 7.87. The largest absolute Gasteiger partial charge is 0.573 e. The molecule has 0 unspecified atom stereocenters. The van der Waals surface area contributed by atoms with Crippen LogP contribution < -0.4 is 10.1 Å². The lowest BCUT2D eigenvalue weighted by Crippen LogP contribution is -2.17. The maximum absolute atomic E-state index is 12.3. The number of halogens is 3. The van der Waals surface area contributed by atoms with Gasteiger partial charge in [0.2, 0.25) is 0 Å². The van der Waals surface area contributed by atoms with Gasteiger partial charge in [-0.3, -0.25) is 4.79 Å². The molecule has 1 aromatic heterocycles. The van der Waals surface area contributed by atoms with Crippen LogP contribution in [0, 0.1) is 0 Å². The average molecular weight is 354 g/mol. The van der Waals surface area contributed by atoms with Crippen molar-refractivity contribution < 1.29 is 22.7 Å². The Morgan fingerprint density at radius 2 is 2.00 bits per heavy atom. The number of pyridine rings is 1. The van der Waals surface area contributed by atoms with Crippen molar-refractivity contribution in [2.24, 2.45) is 0 Å². The summed E-state index contributed by atoms with van der Waals surface area (Å²) in [4.78, 5) is 16.5. The summed E-state index contributed by atoms with van der Waals surface area (Å²) < 4.78 is 40.1. The zero-order valence-electron chi connectivity index (χ0n) is 12.3. The first kappa shape index (κ1) is 17.9. The van der Waals surface area contributed by atoms with Gasteiger partial charge in [-0.1, -0.05) is 6.08 Å². The van der Waals surface area contributed by atoms with Crippen LogP contribution in [0.4, 0.5) is 18.9 Å². The normalized spacial score (nSPS) is 11.0. The van der Waals surface area contributed by atoms with Crippen molar-refractivity contribution in [1.29, 1.82) is 0 Å². The van der Waals surface area contributed by atoms with E-state index in [0.717, 1.165) is 12.1 Å². The summed E-state index contributed by atoms with van der Waals surface area (Å²) in [5, 5.41) is 3.16. The first-order valence-corrected chi connectivity index (χ1v) is 7.73. The van der Waals surface area contributed by atoms with E-state index in [1.165, 1.54) is 23.9 Å². The molecule has 1 N–H and O–H groups in total. The van der Waals surface area contributed by atoms with Crippen molar-refractivity contribution in [2.45, 2.75) is 11.4 Å². The van der Waals surface area contributed by atoms with Crippen molar-refractivity contribution in [1.82, 2.24) is 4.98 Å². The Balaban J connectivity index is 2.08. The van der Waals surface area contributed by atoms with Crippen LogP contribution in [0.1, 0.15) is 10.4 Å². The molecule has 2 rings (SSSR count). The number of nitrogens with zero attached hydrogens (tertiary/aromatic N) is 1. The number of hydrogen-bond acceptors (Lipinski definition) is 4. The molecule has 24 heavy (non-hydrogen) atoms. The van der Waals surface area contributed by atoms with E-state index in [2.05, 4.69) is 21.6 Å². The van der Waals surface area contributed by atoms with Crippen LogP contribution >= 0.6 is 11.8 Å². The van der Waals surface area contributed by atoms with Gasteiger partial charge >= 0.3 is 6.36 Å². The first-order valence-electron chi connectivity index (χ1n) is 6.75. The van der Waals surface area contributed by atoms with E-state index < -0.39 is 12.3 Å². The van der Waals surface area contributed by atoms with Crippen molar-refractivity contribution in [2.75, 3.05) is 11.1 Å². The van der Waals surface area contributed by atoms with E-state index in [-0.39, 0.29) is 5.75 Å². The Labute approximate surface area is 140 Å². The smallest absolute Gasteiger partial charge is 0.406 e. The summed E-state index contributed by atoms with van der Waals surface area (Å²) in [6.07, 6.45) is -1.48. The Bertz CT molecular complexity index is 718. The zero-order chi connectivity index (χ0) is 17.6. The van der Waals surface area contributed by atoms with E-state index in [4.69, 9.17) is 0 Å². The molecule has 4 nitrogen and oxygen atoms in total. The summed E-state index contributed by atoms with van der Waals surface area (Å²) in [6, 6.07) is 8.15. The van der Waals surface area contributed by atoms with Gasteiger partial charge in [0.15, 0.2) is 0 Å². The predicted octanol–water partition coefficient (Wildman–Crippen LogP) is 4.51. The molecule has 1 aromatic carbocycles. The number of thioether (sulfide) groups is 1. The number of rotatable bonds is 6. The molecule has 0 radical (unpaired) electrons. The lowest BCUT2D eigenvalue weighted by Gasteiger charge is -2.11. The fourth-order valence-electron chi connectivity index (χ4n) is 1.75. The van der Waals surface area contributed by atoms with Gasteiger partial charge in [-0.05, 0) is 36.4 Å². The molecule has 1 amide bonds. The second-order valence-electron chi connectivity index (χ2n) is 4.48. The lowest BCUT2D eigenvalue weighted by atomic mass is 10.2. The molecule has 0 saturated heterocycles. The Kier molecular flexibility index (Phi) is 5.86. The Morgan fingerprint density at radius 3 is 2.62 bits per heavy atom. The van der Waals surface area contributed by atoms with Gasteiger partial charge in [0.1, 0.15) is 10.8 Å². The van der Waals surface area contributed by atoms with Crippen LogP contribution in [0.2, 0.25) is 0 Å². The number of nitrogens with one attached hydrogen (secondary N) is 1. The molecule has 0 fully saturated rings. The third kappa shape index (κ3) is 5.31. The average Bonchev–Trinajstić information content (AvgIpc) is 2.53. The summed E-state index contributed by atoms with van der Waals surface area (Å²) >= 11 is 1.36. The van der Waals surface area contributed by atoms with Crippen molar-refractivity contribution in [3.63, 3.8) is 0 Å². The predicted molar refractivity (Wildman–Crippen MR) is 86.2 cm³/mol. The highest BCUT2D eigenvalue weighted by molar-refractivity contribution is 7.99. The number of benzene rings is 1. The maximum atomic E-state index is 12.3. The molecule has 0 spiro atoms. The Hall–Kier alpha value is -2.48. The van der Waals surface area contributed by atoms with Crippen LogP contribution in [-0.2, 0) is 0 Å². The molecule has 1 heterocycles. The monoisotopic (exact) mass is 354 g/mol. The van der Waals surface area contributed by atoms with Gasteiger partial charge in [-0.15, -0.1) is 31.5 Å². The van der Waals surface area contributed by atoms with E-state index in [0.29, 0.717) is 22.0 Å². The maximum Gasteiger partial charge on any atom is 0.573 e. The number of carbonyl (C=O) groups excluding carboxylic acids is 1. The van der Waals surface area contributed by atoms with Crippen molar-refractivity contribution >= 4 is 23.4 Å². The van der Waals surface area contributed by atoms with Crippen LogP contribution in [0.5, 0.6) is 5.75 Å². The number of hydrogen-bond donors (Lipinski definition) is 1. The van der Waals surface area contributed by atoms with Crippen LogP contribution in [-0.4, -0.2) is 23.0 Å². The summed E-state index contributed by atoms with van der Waals surface area (Å²) in [5.74, 6) is -0.163. The Morgan fingerprint density at radius 1 is 1.29 bits per heavy atom. The minimum Gasteiger partial charge on any atom is -0.406 e. The van der Waals surface area contributed by atoms with E-state index in [9.17, 15) is 18.0 Å². The third-order valence-electron chi connectivity index (χ3n) is 2.70. The van der Waals surface area contributed by atoms with Crippen molar-refractivity contribution in [3.05, 3.63) is 60.8 Å². The fraction of sp³-hybridized carbons (Fsp3) is 0.125. The standard InChI is InChI=1S/C16H13F3N2O2S/c1-2-10-24-15-13(4-3-9-20-15)14(22)21-11-5-7-12(8-6-11)23-16(17,18)19/h2-9H,1,10H2,(H,21,22). The third-order valence-corrected chi connectivity index (χ3v) is 3.70. The summed E-state index contributed by atoms with van der Waals surface area (Å²) in [7, 11) is 0. The molecule has 0 aliphatic rings. The molecule has 2 aromatic rings. The second-order valence-corrected chi connectivity index (χ2v) is 5.49. The number of ether oxygens (including phenoxy) is 1. The molecular formula is C16H13F3N2O2S. The summed E-state index contributed by atoms with van der Waals surface area (Å²) in [5.41, 5.74) is 0.720. The van der Waals surface area contributed by atoms with Gasteiger partial charge in [-0.25, -0.2) is 4.98 Å². The van der Waals surface area contributed by atoms with E-state index in [1.807, 2.05) is 0 Å². The molecule has 0 saturated carbocycles.